The first-order valence-corrected chi connectivity index (χ1v) is 4.01. The van der Waals surface area contributed by atoms with Gasteiger partial charge in [0.25, 0.3) is 0 Å². The van der Waals surface area contributed by atoms with Crippen LogP contribution < -0.4 is 9.47 Å². The SMILES string of the molecule is O=C(O)c1cc(F)cc2c1OCCO2. The van der Waals surface area contributed by atoms with Crippen LogP contribution in [0.4, 0.5) is 4.39 Å². The maximum absolute atomic E-state index is 12.9. The van der Waals surface area contributed by atoms with Crippen LogP contribution in [0.25, 0.3) is 0 Å². The predicted octanol–water partition coefficient (Wildman–Crippen LogP) is 1.30. The topological polar surface area (TPSA) is 55.8 Å². The van der Waals surface area contributed by atoms with Crippen LogP contribution in [0, 0.1) is 5.82 Å². The fourth-order valence-corrected chi connectivity index (χ4v) is 1.28. The molecule has 0 saturated carbocycles. The predicted molar refractivity (Wildman–Crippen MR) is 44.3 cm³/mol. The molecule has 0 atom stereocenters. The number of ether oxygens (including phenoxy) is 2. The van der Waals surface area contributed by atoms with Crippen LogP contribution in [0.2, 0.25) is 0 Å². The van der Waals surface area contributed by atoms with Crippen molar-refractivity contribution in [3.8, 4) is 11.5 Å². The van der Waals surface area contributed by atoms with Gasteiger partial charge in [0.1, 0.15) is 24.6 Å². The maximum Gasteiger partial charge on any atom is 0.339 e. The molecule has 0 aromatic heterocycles. The average Bonchev–Trinajstić information content (AvgIpc) is 2.16. The first-order valence-electron chi connectivity index (χ1n) is 4.01. The Morgan fingerprint density at radius 2 is 2.07 bits per heavy atom. The lowest BCUT2D eigenvalue weighted by molar-refractivity contribution is 0.0685. The molecule has 2 rings (SSSR count). The highest BCUT2D eigenvalue weighted by molar-refractivity contribution is 5.92. The molecular formula is C9H7FO4. The zero-order valence-corrected chi connectivity index (χ0v) is 7.12. The summed E-state index contributed by atoms with van der Waals surface area (Å²) in [6.07, 6.45) is 0. The summed E-state index contributed by atoms with van der Waals surface area (Å²) in [6, 6.07) is 2.02. The van der Waals surface area contributed by atoms with Gasteiger partial charge in [0, 0.05) is 6.07 Å². The van der Waals surface area contributed by atoms with Gasteiger partial charge in [-0.3, -0.25) is 0 Å². The summed E-state index contributed by atoms with van der Waals surface area (Å²) in [4.78, 5) is 10.7. The van der Waals surface area contributed by atoms with Crippen LogP contribution in [-0.2, 0) is 0 Å². The van der Waals surface area contributed by atoms with Gasteiger partial charge in [-0.1, -0.05) is 0 Å². The van der Waals surface area contributed by atoms with Gasteiger partial charge in [-0.05, 0) is 6.07 Å². The Bertz CT molecular complexity index is 389. The van der Waals surface area contributed by atoms with Crippen LogP contribution in [0.5, 0.6) is 11.5 Å². The Morgan fingerprint density at radius 1 is 1.36 bits per heavy atom. The smallest absolute Gasteiger partial charge is 0.339 e. The summed E-state index contributed by atoms with van der Waals surface area (Å²) in [5.41, 5.74) is -0.209. The molecule has 0 fully saturated rings. The summed E-state index contributed by atoms with van der Waals surface area (Å²) in [7, 11) is 0. The number of halogens is 1. The van der Waals surface area contributed by atoms with Crippen molar-refractivity contribution in [3.63, 3.8) is 0 Å². The molecule has 1 aromatic rings. The van der Waals surface area contributed by atoms with Crippen LogP contribution in [0.15, 0.2) is 12.1 Å². The van der Waals surface area contributed by atoms with E-state index in [2.05, 4.69) is 0 Å². The van der Waals surface area contributed by atoms with E-state index in [1.54, 1.807) is 0 Å². The Hall–Kier alpha value is -1.78. The molecule has 1 heterocycles. The Labute approximate surface area is 78.9 Å². The Balaban J connectivity index is 2.58. The van der Waals surface area contributed by atoms with Gasteiger partial charge in [0.2, 0.25) is 0 Å². The lowest BCUT2D eigenvalue weighted by Gasteiger charge is -2.19. The number of aromatic carboxylic acids is 1. The number of carboxylic acids is 1. The number of hydrogen-bond acceptors (Lipinski definition) is 3. The Morgan fingerprint density at radius 3 is 2.79 bits per heavy atom. The van der Waals surface area contributed by atoms with E-state index >= 15 is 0 Å². The summed E-state index contributed by atoms with van der Waals surface area (Å²) < 4.78 is 23.1. The number of carbonyl (C=O) groups is 1. The van der Waals surface area contributed by atoms with Crippen molar-refractivity contribution in [1.82, 2.24) is 0 Å². The van der Waals surface area contributed by atoms with Crippen LogP contribution in [0.1, 0.15) is 10.4 Å². The van der Waals surface area contributed by atoms with Gasteiger partial charge in [0.05, 0.1) is 0 Å². The largest absolute Gasteiger partial charge is 0.486 e. The monoisotopic (exact) mass is 198 g/mol. The fraction of sp³-hybridized carbons (Fsp3) is 0.222. The molecular weight excluding hydrogens is 191 g/mol. The standard InChI is InChI=1S/C9H7FO4/c10-5-3-6(9(11)12)8-7(4-5)13-1-2-14-8/h3-4H,1-2H2,(H,11,12). The van der Waals surface area contributed by atoms with Gasteiger partial charge in [-0.2, -0.15) is 0 Å². The minimum absolute atomic E-state index is 0.102. The lowest BCUT2D eigenvalue weighted by atomic mass is 10.1. The maximum atomic E-state index is 12.9. The average molecular weight is 198 g/mol. The fourth-order valence-electron chi connectivity index (χ4n) is 1.28. The van der Waals surface area contributed by atoms with Gasteiger partial charge in [-0.15, -0.1) is 0 Å². The van der Waals surface area contributed by atoms with E-state index in [0.717, 1.165) is 12.1 Å². The van der Waals surface area contributed by atoms with Crippen molar-refractivity contribution >= 4 is 5.97 Å². The third-order valence-corrected chi connectivity index (χ3v) is 1.84. The van der Waals surface area contributed by atoms with E-state index in [0.29, 0.717) is 6.61 Å². The van der Waals surface area contributed by atoms with Crippen molar-refractivity contribution < 1.29 is 23.8 Å². The van der Waals surface area contributed by atoms with E-state index in [1.807, 2.05) is 0 Å². The van der Waals surface area contributed by atoms with E-state index in [1.165, 1.54) is 0 Å². The Kier molecular flexibility index (Phi) is 1.99. The molecule has 4 nitrogen and oxygen atoms in total. The van der Waals surface area contributed by atoms with Crippen LogP contribution in [-0.4, -0.2) is 24.3 Å². The summed E-state index contributed by atoms with van der Waals surface area (Å²) in [6.45, 7) is 0.578. The molecule has 1 aliphatic rings. The van der Waals surface area contributed by atoms with Gasteiger partial charge in [0.15, 0.2) is 11.5 Å². The van der Waals surface area contributed by atoms with Crippen molar-refractivity contribution in [2.45, 2.75) is 0 Å². The van der Waals surface area contributed by atoms with Gasteiger partial charge < -0.3 is 14.6 Å². The van der Waals surface area contributed by atoms with Crippen molar-refractivity contribution in [2.24, 2.45) is 0 Å². The van der Waals surface area contributed by atoms with E-state index in [4.69, 9.17) is 14.6 Å². The quantitative estimate of drug-likeness (QED) is 0.738. The normalized spacial score (nSPS) is 13.8. The molecule has 14 heavy (non-hydrogen) atoms. The van der Waals surface area contributed by atoms with Crippen molar-refractivity contribution in [1.29, 1.82) is 0 Å². The molecule has 0 unspecified atom stereocenters. The molecule has 1 aromatic carbocycles. The highest BCUT2D eigenvalue weighted by atomic mass is 19.1. The number of hydrogen-bond donors (Lipinski definition) is 1. The van der Waals surface area contributed by atoms with Crippen LogP contribution >= 0.6 is 0 Å². The lowest BCUT2D eigenvalue weighted by Crippen LogP contribution is -2.18. The number of carboxylic acid groups (broad SMARTS) is 1. The van der Waals surface area contributed by atoms with E-state index in [-0.39, 0.29) is 23.7 Å². The summed E-state index contributed by atoms with van der Waals surface area (Å²) in [5.74, 6) is -1.63. The highest BCUT2D eigenvalue weighted by Crippen LogP contribution is 2.34. The molecule has 74 valence electrons. The number of benzene rings is 1. The molecule has 0 radical (unpaired) electrons. The third kappa shape index (κ3) is 1.37. The van der Waals surface area contributed by atoms with Crippen molar-refractivity contribution in [3.05, 3.63) is 23.5 Å². The number of rotatable bonds is 1. The molecule has 1 N–H and O–H groups in total. The van der Waals surface area contributed by atoms with Gasteiger partial charge >= 0.3 is 5.97 Å². The summed E-state index contributed by atoms with van der Waals surface area (Å²) in [5, 5.41) is 8.76. The first-order chi connectivity index (χ1) is 6.68. The van der Waals surface area contributed by atoms with E-state index in [9.17, 15) is 9.18 Å². The van der Waals surface area contributed by atoms with Crippen LogP contribution in [0.3, 0.4) is 0 Å². The number of fused-ring (bicyclic) bond motifs is 1. The second-order valence-corrected chi connectivity index (χ2v) is 2.78. The zero-order valence-electron chi connectivity index (χ0n) is 7.12. The minimum Gasteiger partial charge on any atom is -0.486 e. The second kappa shape index (κ2) is 3.17. The molecule has 0 spiro atoms. The van der Waals surface area contributed by atoms with Crippen molar-refractivity contribution in [2.75, 3.05) is 13.2 Å². The highest BCUT2D eigenvalue weighted by Gasteiger charge is 2.21. The van der Waals surface area contributed by atoms with Gasteiger partial charge in [-0.25, -0.2) is 9.18 Å². The third-order valence-electron chi connectivity index (χ3n) is 1.84. The zero-order chi connectivity index (χ0) is 10.1. The second-order valence-electron chi connectivity index (χ2n) is 2.78. The summed E-state index contributed by atoms with van der Waals surface area (Å²) >= 11 is 0. The molecule has 0 bridgehead atoms. The molecule has 5 heteroatoms. The minimum atomic E-state index is -1.23. The first kappa shape index (κ1) is 8.80. The molecule has 0 aliphatic carbocycles. The molecule has 0 saturated heterocycles. The molecule has 0 amide bonds. The molecule has 1 aliphatic heterocycles. The van der Waals surface area contributed by atoms with E-state index < -0.39 is 11.8 Å².